The van der Waals surface area contributed by atoms with Crippen LogP contribution in [0.25, 0.3) is 0 Å². The van der Waals surface area contributed by atoms with E-state index < -0.39 is 5.91 Å². The molecule has 0 saturated heterocycles. The molecule has 2 aromatic rings. The van der Waals surface area contributed by atoms with Crippen LogP contribution in [0.5, 0.6) is 11.6 Å². The molecular formula is C13H10N2O3. The Hall–Kier alpha value is -2.69. The van der Waals surface area contributed by atoms with Crippen LogP contribution in [-0.4, -0.2) is 17.2 Å². The fourth-order valence-electron chi connectivity index (χ4n) is 1.38. The van der Waals surface area contributed by atoms with E-state index in [2.05, 4.69) is 4.98 Å². The van der Waals surface area contributed by atoms with Crippen LogP contribution in [0.4, 0.5) is 0 Å². The summed E-state index contributed by atoms with van der Waals surface area (Å²) >= 11 is 0. The number of benzene rings is 1. The van der Waals surface area contributed by atoms with Crippen molar-refractivity contribution in [1.29, 1.82) is 0 Å². The lowest BCUT2D eigenvalue weighted by Gasteiger charge is -2.06. The van der Waals surface area contributed by atoms with Crippen molar-refractivity contribution in [3.63, 3.8) is 0 Å². The second kappa shape index (κ2) is 5.09. The highest BCUT2D eigenvalue weighted by Gasteiger charge is 2.06. The van der Waals surface area contributed by atoms with Gasteiger partial charge in [0.25, 0.3) is 0 Å². The van der Waals surface area contributed by atoms with Gasteiger partial charge >= 0.3 is 0 Å². The zero-order valence-electron chi connectivity index (χ0n) is 9.37. The Morgan fingerprint density at radius 3 is 2.56 bits per heavy atom. The van der Waals surface area contributed by atoms with Gasteiger partial charge in [0.1, 0.15) is 5.75 Å². The number of ether oxygens (including phenoxy) is 1. The Labute approximate surface area is 103 Å². The maximum absolute atomic E-state index is 10.9. The number of amides is 1. The molecule has 0 bridgehead atoms. The molecule has 0 saturated carbocycles. The van der Waals surface area contributed by atoms with Crippen LogP contribution in [0.15, 0.2) is 42.6 Å². The minimum absolute atomic E-state index is 0.222. The molecule has 90 valence electrons. The molecule has 0 aliphatic carbocycles. The van der Waals surface area contributed by atoms with Crippen LogP contribution in [0.3, 0.4) is 0 Å². The summed E-state index contributed by atoms with van der Waals surface area (Å²) in [5.74, 6) is 0.189. The standard InChI is InChI=1S/C13H10N2O3/c14-12(17)9-3-5-11(6-4-9)18-13-10(8-16)2-1-7-15-13/h1-8H,(H2,14,17). The highest BCUT2D eigenvalue weighted by molar-refractivity contribution is 5.92. The molecule has 1 amide bonds. The number of hydrogen-bond acceptors (Lipinski definition) is 4. The van der Waals surface area contributed by atoms with Gasteiger partial charge in [-0.2, -0.15) is 0 Å². The lowest BCUT2D eigenvalue weighted by molar-refractivity contribution is 0.1000. The van der Waals surface area contributed by atoms with Crippen LogP contribution in [0.2, 0.25) is 0 Å². The lowest BCUT2D eigenvalue weighted by atomic mass is 10.2. The molecule has 0 fully saturated rings. The van der Waals surface area contributed by atoms with Gasteiger partial charge in [-0.05, 0) is 36.4 Å². The van der Waals surface area contributed by atoms with E-state index in [9.17, 15) is 9.59 Å². The predicted molar refractivity (Wildman–Crippen MR) is 64.7 cm³/mol. The maximum Gasteiger partial charge on any atom is 0.248 e. The second-order valence-corrected chi connectivity index (χ2v) is 3.51. The van der Waals surface area contributed by atoms with Gasteiger partial charge < -0.3 is 10.5 Å². The molecule has 2 N–H and O–H groups in total. The number of pyridine rings is 1. The van der Waals surface area contributed by atoms with E-state index >= 15 is 0 Å². The first kappa shape index (κ1) is 11.8. The highest BCUT2D eigenvalue weighted by Crippen LogP contribution is 2.21. The third-order valence-corrected chi connectivity index (χ3v) is 2.28. The van der Waals surface area contributed by atoms with Crippen molar-refractivity contribution in [1.82, 2.24) is 4.98 Å². The molecular weight excluding hydrogens is 232 g/mol. The molecule has 1 heterocycles. The van der Waals surface area contributed by atoms with E-state index in [1.807, 2.05) is 0 Å². The molecule has 1 aromatic heterocycles. The predicted octanol–water partition coefficient (Wildman–Crippen LogP) is 1.79. The molecule has 2 rings (SSSR count). The van der Waals surface area contributed by atoms with Crippen LogP contribution in [-0.2, 0) is 0 Å². The van der Waals surface area contributed by atoms with Gasteiger partial charge in [0.05, 0.1) is 5.56 Å². The molecule has 0 unspecified atom stereocenters. The average molecular weight is 242 g/mol. The quantitative estimate of drug-likeness (QED) is 0.828. The summed E-state index contributed by atoms with van der Waals surface area (Å²) in [6.45, 7) is 0. The lowest BCUT2D eigenvalue weighted by Crippen LogP contribution is -2.10. The summed E-state index contributed by atoms with van der Waals surface area (Å²) in [4.78, 5) is 25.6. The first-order valence-electron chi connectivity index (χ1n) is 5.18. The number of nitrogens with zero attached hydrogens (tertiary/aromatic N) is 1. The van der Waals surface area contributed by atoms with Crippen LogP contribution in [0.1, 0.15) is 20.7 Å². The van der Waals surface area contributed by atoms with Crippen molar-refractivity contribution in [2.24, 2.45) is 5.73 Å². The minimum Gasteiger partial charge on any atom is -0.438 e. The summed E-state index contributed by atoms with van der Waals surface area (Å²) < 4.78 is 5.44. The second-order valence-electron chi connectivity index (χ2n) is 3.51. The average Bonchev–Trinajstić information content (AvgIpc) is 2.40. The van der Waals surface area contributed by atoms with Crippen molar-refractivity contribution >= 4 is 12.2 Å². The highest BCUT2D eigenvalue weighted by atomic mass is 16.5. The van der Waals surface area contributed by atoms with E-state index in [4.69, 9.17) is 10.5 Å². The number of hydrogen-bond donors (Lipinski definition) is 1. The summed E-state index contributed by atoms with van der Waals surface area (Å²) in [6.07, 6.45) is 2.19. The van der Waals surface area contributed by atoms with E-state index in [-0.39, 0.29) is 5.88 Å². The van der Waals surface area contributed by atoms with Crippen LogP contribution < -0.4 is 10.5 Å². The van der Waals surface area contributed by atoms with Crippen LogP contribution in [0, 0.1) is 0 Å². The molecule has 0 atom stereocenters. The van der Waals surface area contributed by atoms with Gasteiger partial charge in [0.2, 0.25) is 11.8 Å². The molecule has 0 radical (unpaired) electrons. The van der Waals surface area contributed by atoms with Gasteiger partial charge in [-0.3, -0.25) is 9.59 Å². The number of aldehydes is 1. The van der Waals surface area contributed by atoms with E-state index in [0.717, 1.165) is 0 Å². The van der Waals surface area contributed by atoms with Crippen LogP contribution >= 0.6 is 0 Å². The third kappa shape index (κ3) is 2.52. The van der Waals surface area contributed by atoms with Crippen molar-refractivity contribution < 1.29 is 14.3 Å². The number of nitrogens with two attached hydrogens (primary N) is 1. The Morgan fingerprint density at radius 1 is 1.22 bits per heavy atom. The number of primary amides is 1. The number of rotatable bonds is 4. The summed E-state index contributed by atoms with van der Waals surface area (Å²) in [5, 5.41) is 0. The number of carbonyl (C=O) groups is 2. The fourth-order valence-corrected chi connectivity index (χ4v) is 1.38. The Kier molecular flexibility index (Phi) is 3.33. The molecule has 18 heavy (non-hydrogen) atoms. The zero-order valence-corrected chi connectivity index (χ0v) is 9.37. The Balaban J connectivity index is 2.23. The van der Waals surface area contributed by atoms with Crippen molar-refractivity contribution in [2.75, 3.05) is 0 Å². The first-order valence-corrected chi connectivity index (χ1v) is 5.18. The largest absolute Gasteiger partial charge is 0.438 e. The zero-order chi connectivity index (χ0) is 13.0. The molecule has 5 nitrogen and oxygen atoms in total. The van der Waals surface area contributed by atoms with E-state index in [1.54, 1.807) is 36.4 Å². The Morgan fingerprint density at radius 2 is 1.94 bits per heavy atom. The summed E-state index contributed by atoms with van der Waals surface area (Å²) in [7, 11) is 0. The van der Waals surface area contributed by atoms with Gasteiger partial charge in [0, 0.05) is 11.8 Å². The Bertz CT molecular complexity index is 579. The van der Waals surface area contributed by atoms with E-state index in [1.165, 1.54) is 6.20 Å². The van der Waals surface area contributed by atoms with Gasteiger partial charge in [-0.15, -0.1) is 0 Å². The van der Waals surface area contributed by atoms with Gasteiger partial charge in [-0.1, -0.05) is 0 Å². The molecule has 1 aromatic carbocycles. The maximum atomic E-state index is 10.9. The SMILES string of the molecule is NC(=O)c1ccc(Oc2ncccc2C=O)cc1. The first-order chi connectivity index (χ1) is 8.70. The molecule has 0 spiro atoms. The van der Waals surface area contributed by atoms with Crippen molar-refractivity contribution in [3.8, 4) is 11.6 Å². The topological polar surface area (TPSA) is 82.3 Å². The van der Waals surface area contributed by atoms with Crippen molar-refractivity contribution in [3.05, 3.63) is 53.7 Å². The minimum atomic E-state index is -0.507. The van der Waals surface area contributed by atoms with Gasteiger partial charge in [-0.25, -0.2) is 4.98 Å². The van der Waals surface area contributed by atoms with Gasteiger partial charge in [0.15, 0.2) is 6.29 Å². The normalized spacial score (nSPS) is 9.78. The number of carbonyl (C=O) groups excluding carboxylic acids is 2. The third-order valence-electron chi connectivity index (χ3n) is 2.28. The van der Waals surface area contributed by atoms with E-state index in [0.29, 0.717) is 23.2 Å². The molecule has 5 heteroatoms. The number of aromatic nitrogens is 1. The molecule has 0 aliphatic rings. The smallest absolute Gasteiger partial charge is 0.248 e. The summed E-state index contributed by atoms with van der Waals surface area (Å²) in [6, 6.07) is 9.51. The fraction of sp³-hybridized carbons (Fsp3) is 0. The molecule has 0 aliphatic heterocycles. The summed E-state index contributed by atoms with van der Waals surface area (Å²) in [5.41, 5.74) is 5.87. The monoisotopic (exact) mass is 242 g/mol. The van der Waals surface area contributed by atoms with Crippen molar-refractivity contribution in [2.45, 2.75) is 0 Å².